The van der Waals surface area contributed by atoms with E-state index in [1.807, 2.05) is 54.8 Å². The van der Waals surface area contributed by atoms with E-state index >= 15 is 0 Å². The van der Waals surface area contributed by atoms with E-state index in [0.29, 0.717) is 5.82 Å². The maximum Gasteiger partial charge on any atom is 0.142 e. The first-order valence-electron chi connectivity index (χ1n) is 6.07. The molecule has 3 rings (SSSR count). The molecule has 4 heteroatoms. The second-order valence-corrected chi connectivity index (χ2v) is 5.13. The molecule has 96 valence electrons. The molecule has 0 aliphatic carbocycles. The molecular weight excluding hydrogens is 258 g/mol. The van der Waals surface area contributed by atoms with Gasteiger partial charge in [-0.1, -0.05) is 23.7 Å². The second-order valence-electron chi connectivity index (χ2n) is 4.69. The van der Waals surface area contributed by atoms with Crippen molar-refractivity contribution < 1.29 is 0 Å². The van der Waals surface area contributed by atoms with Gasteiger partial charge in [0.2, 0.25) is 0 Å². The Balaban J connectivity index is 2.31. The molecule has 0 bridgehead atoms. The van der Waals surface area contributed by atoms with Gasteiger partial charge in [0.25, 0.3) is 0 Å². The highest BCUT2D eigenvalue weighted by Crippen LogP contribution is 2.31. The van der Waals surface area contributed by atoms with Gasteiger partial charge in [0, 0.05) is 16.8 Å². The first-order chi connectivity index (χ1) is 9.08. The maximum atomic E-state index is 6.21. The number of aromatic nitrogens is 2. The van der Waals surface area contributed by atoms with Crippen LogP contribution in [-0.2, 0) is 0 Å². The van der Waals surface area contributed by atoms with Crippen molar-refractivity contribution in [3.8, 4) is 11.3 Å². The number of fused-ring (bicyclic) bond motifs is 1. The molecule has 1 aromatic carbocycles. The third-order valence-corrected chi connectivity index (χ3v) is 3.56. The summed E-state index contributed by atoms with van der Waals surface area (Å²) in [5, 5.41) is 0.722. The summed E-state index contributed by atoms with van der Waals surface area (Å²) in [7, 11) is 0. The Morgan fingerprint density at radius 2 is 1.95 bits per heavy atom. The molecule has 19 heavy (non-hydrogen) atoms. The van der Waals surface area contributed by atoms with Gasteiger partial charge in [-0.25, -0.2) is 4.98 Å². The molecule has 2 heterocycles. The maximum absolute atomic E-state index is 6.21. The van der Waals surface area contributed by atoms with Crippen LogP contribution in [0.1, 0.15) is 11.1 Å². The van der Waals surface area contributed by atoms with Crippen LogP contribution in [-0.4, -0.2) is 9.38 Å². The first kappa shape index (κ1) is 12.1. The summed E-state index contributed by atoms with van der Waals surface area (Å²) in [6.45, 7) is 4.04. The summed E-state index contributed by atoms with van der Waals surface area (Å²) in [6, 6.07) is 9.75. The van der Waals surface area contributed by atoms with Crippen molar-refractivity contribution >= 4 is 23.1 Å². The number of nitrogens with two attached hydrogens (primary N) is 1. The molecule has 0 unspecified atom stereocenters. The highest BCUT2D eigenvalue weighted by molar-refractivity contribution is 6.30. The van der Waals surface area contributed by atoms with E-state index < -0.39 is 0 Å². The molecular formula is C15H14ClN3. The molecule has 2 N–H and O–H groups in total. The van der Waals surface area contributed by atoms with Crippen molar-refractivity contribution in [3.05, 3.63) is 52.7 Å². The third-order valence-electron chi connectivity index (χ3n) is 3.33. The lowest BCUT2D eigenvalue weighted by Crippen LogP contribution is -1.95. The Hall–Kier alpha value is -2.00. The Morgan fingerprint density at radius 3 is 2.63 bits per heavy atom. The molecule has 3 nitrogen and oxygen atoms in total. The Bertz CT molecular complexity index is 774. The lowest BCUT2D eigenvalue weighted by atomic mass is 10.1. The van der Waals surface area contributed by atoms with Crippen LogP contribution in [0.25, 0.3) is 16.9 Å². The van der Waals surface area contributed by atoms with Crippen LogP contribution in [0.15, 0.2) is 36.5 Å². The highest BCUT2D eigenvalue weighted by atomic mass is 35.5. The number of halogens is 1. The number of aryl methyl sites for hydroxylation is 2. The van der Waals surface area contributed by atoms with Gasteiger partial charge in [-0.05, 0) is 43.2 Å². The zero-order valence-electron chi connectivity index (χ0n) is 10.8. The van der Waals surface area contributed by atoms with Crippen molar-refractivity contribution in [1.29, 1.82) is 0 Å². The molecule has 3 aromatic rings. The number of nitrogens with zero attached hydrogens (tertiary/aromatic N) is 2. The number of hydrogen-bond donors (Lipinski definition) is 1. The minimum atomic E-state index is 0.657. The SMILES string of the molecule is Cc1cc(Cl)ccc1-c1nc2c(C)cccn2c1N. The zero-order valence-corrected chi connectivity index (χ0v) is 11.6. The molecule has 0 aliphatic heterocycles. The number of rotatable bonds is 1. The van der Waals surface area contributed by atoms with Crippen molar-refractivity contribution in [1.82, 2.24) is 9.38 Å². The van der Waals surface area contributed by atoms with Crippen LogP contribution in [0.2, 0.25) is 5.02 Å². The van der Waals surface area contributed by atoms with Crippen molar-refractivity contribution in [3.63, 3.8) is 0 Å². The van der Waals surface area contributed by atoms with Crippen LogP contribution >= 0.6 is 11.6 Å². The molecule has 0 atom stereocenters. The lowest BCUT2D eigenvalue weighted by Gasteiger charge is -2.04. The molecule has 2 aromatic heterocycles. The van der Waals surface area contributed by atoms with Gasteiger partial charge in [0.05, 0.1) is 0 Å². The average molecular weight is 272 g/mol. The summed E-state index contributed by atoms with van der Waals surface area (Å²) < 4.78 is 1.92. The smallest absolute Gasteiger partial charge is 0.142 e. The third kappa shape index (κ3) is 1.87. The van der Waals surface area contributed by atoms with E-state index in [-0.39, 0.29) is 0 Å². The number of anilines is 1. The fraction of sp³-hybridized carbons (Fsp3) is 0.133. The van der Waals surface area contributed by atoms with Crippen LogP contribution < -0.4 is 5.73 Å². The predicted octanol–water partition coefficient (Wildman–Crippen LogP) is 3.85. The molecule has 0 amide bonds. The van der Waals surface area contributed by atoms with Crippen LogP contribution in [0.5, 0.6) is 0 Å². The molecule has 0 spiro atoms. The predicted molar refractivity (Wildman–Crippen MR) is 79.5 cm³/mol. The number of benzene rings is 1. The van der Waals surface area contributed by atoms with Crippen molar-refractivity contribution in [2.45, 2.75) is 13.8 Å². The summed E-state index contributed by atoms with van der Waals surface area (Å²) in [4.78, 5) is 4.67. The molecule has 0 saturated heterocycles. The van der Waals surface area contributed by atoms with E-state index in [4.69, 9.17) is 17.3 Å². The van der Waals surface area contributed by atoms with Crippen LogP contribution in [0, 0.1) is 13.8 Å². The fourth-order valence-corrected chi connectivity index (χ4v) is 2.54. The molecule has 0 saturated carbocycles. The summed E-state index contributed by atoms with van der Waals surface area (Å²) in [6.07, 6.45) is 1.93. The standard InChI is InChI=1S/C15H14ClN3/c1-9-4-3-7-19-14(17)13(18-15(9)19)12-6-5-11(16)8-10(12)2/h3-8H,17H2,1-2H3. The quantitative estimate of drug-likeness (QED) is 0.730. The molecule has 0 aliphatic rings. The molecule has 0 fully saturated rings. The Kier molecular flexibility index (Phi) is 2.72. The van der Waals surface area contributed by atoms with Crippen molar-refractivity contribution in [2.75, 3.05) is 5.73 Å². The minimum Gasteiger partial charge on any atom is -0.383 e. The number of nitrogen functional groups attached to an aromatic ring is 1. The van der Waals surface area contributed by atoms with Crippen LogP contribution in [0.4, 0.5) is 5.82 Å². The summed E-state index contributed by atoms with van der Waals surface area (Å²) >= 11 is 5.99. The van der Waals surface area contributed by atoms with Crippen LogP contribution in [0.3, 0.4) is 0 Å². The Morgan fingerprint density at radius 1 is 1.16 bits per heavy atom. The largest absolute Gasteiger partial charge is 0.383 e. The summed E-state index contributed by atoms with van der Waals surface area (Å²) in [5.41, 5.74) is 11.1. The van der Waals surface area contributed by atoms with E-state index in [9.17, 15) is 0 Å². The van der Waals surface area contributed by atoms with Crippen molar-refractivity contribution in [2.24, 2.45) is 0 Å². The van der Waals surface area contributed by atoms with E-state index in [1.54, 1.807) is 0 Å². The minimum absolute atomic E-state index is 0.657. The van der Waals surface area contributed by atoms with Gasteiger partial charge in [0.15, 0.2) is 0 Å². The monoisotopic (exact) mass is 271 g/mol. The van der Waals surface area contributed by atoms with Gasteiger partial charge in [-0.15, -0.1) is 0 Å². The number of imidazole rings is 1. The lowest BCUT2D eigenvalue weighted by molar-refractivity contribution is 1.17. The van der Waals surface area contributed by atoms with Gasteiger partial charge >= 0.3 is 0 Å². The topological polar surface area (TPSA) is 43.3 Å². The fourth-order valence-electron chi connectivity index (χ4n) is 2.31. The van der Waals surface area contributed by atoms with Gasteiger partial charge in [-0.2, -0.15) is 0 Å². The van der Waals surface area contributed by atoms with Gasteiger partial charge < -0.3 is 5.73 Å². The Labute approximate surface area is 116 Å². The van der Waals surface area contributed by atoms with Gasteiger partial charge in [0.1, 0.15) is 17.2 Å². The summed E-state index contributed by atoms with van der Waals surface area (Å²) in [5.74, 6) is 0.657. The van der Waals surface area contributed by atoms with E-state index in [0.717, 1.165) is 33.1 Å². The van der Waals surface area contributed by atoms with E-state index in [1.165, 1.54) is 0 Å². The molecule has 0 radical (unpaired) electrons. The number of pyridine rings is 1. The first-order valence-corrected chi connectivity index (χ1v) is 6.45. The zero-order chi connectivity index (χ0) is 13.6. The number of hydrogen-bond acceptors (Lipinski definition) is 2. The van der Waals surface area contributed by atoms with E-state index in [2.05, 4.69) is 4.98 Å². The highest BCUT2D eigenvalue weighted by Gasteiger charge is 2.14. The normalized spacial score (nSPS) is 11.1. The average Bonchev–Trinajstić information content (AvgIpc) is 2.69. The van der Waals surface area contributed by atoms with Gasteiger partial charge in [-0.3, -0.25) is 4.40 Å². The second kappa shape index (κ2) is 4.28.